The summed E-state index contributed by atoms with van der Waals surface area (Å²) >= 11 is 0. The van der Waals surface area contributed by atoms with Gasteiger partial charge in [0.1, 0.15) is 5.75 Å². The molecule has 0 bridgehead atoms. The molecule has 0 aliphatic carbocycles. The number of nitrogens with zero attached hydrogens (tertiary/aromatic N) is 1. The van der Waals surface area contributed by atoms with E-state index in [1.54, 1.807) is 6.07 Å². The summed E-state index contributed by atoms with van der Waals surface area (Å²) in [5.41, 5.74) is 1.02. The molecule has 0 saturated heterocycles. The van der Waals surface area contributed by atoms with Crippen molar-refractivity contribution in [2.45, 2.75) is 13.0 Å². The number of phenols is 1. The number of hydrogen-bond acceptors (Lipinski definition) is 2. The van der Waals surface area contributed by atoms with Gasteiger partial charge < -0.3 is 5.11 Å². The highest BCUT2D eigenvalue weighted by Crippen LogP contribution is 2.18. The Balaban J connectivity index is 2.03. The molecule has 2 heteroatoms. The molecule has 0 unspecified atom stereocenters. The lowest BCUT2D eigenvalue weighted by Gasteiger charge is -2.23. The van der Waals surface area contributed by atoms with Crippen molar-refractivity contribution in [2.75, 3.05) is 13.1 Å². The Hall–Kier alpha value is -1.28. The van der Waals surface area contributed by atoms with Gasteiger partial charge in [-0.3, -0.25) is 4.90 Å². The third kappa shape index (κ3) is 2.15. The van der Waals surface area contributed by atoms with Gasteiger partial charge in [0, 0.05) is 25.2 Å². The van der Waals surface area contributed by atoms with Crippen molar-refractivity contribution in [3.05, 3.63) is 42.0 Å². The minimum Gasteiger partial charge on any atom is -0.508 e. The van der Waals surface area contributed by atoms with E-state index in [4.69, 9.17) is 0 Å². The zero-order valence-corrected chi connectivity index (χ0v) is 8.19. The van der Waals surface area contributed by atoms with Crippen molar-refractivity contribution in [3.63, 3.8) is 0 Å². The van der Waals surface area contributed by atoms with Gasteiger partial charge in [0.2, 0.25) is 0 Å². The Kier molecular flexibility index (Phi) is 2.84. The molecular formula is C12H15NO. The van der Waals surface area contributed by atoms with Crippen molar-refractivity contribution in [1.29, 1.82) is 0 Å². The molecule has 1 aromatic rings. The average Bonchev–Trinajstić information content (AvgIpc) is 2.23. The summed E-state index contributed by atoms with van der Waals surface area (Å²) in [5.74, 6) is 0.405. The summed E-state index contributed by atoms with van der Waals surface area (Å²) in [6, 6.07) is 7.55. The fourth-order valence-electron chi connectivity index (χ4n) is 1.72. The molecule has 1 N–H and O–H groups in total. The number of rotatable bonds is 2. The van der Waals surface area contributed by atoms with Crippen molar-refractivity contribution >= 4 is 0 Å². The van der Waals surface area contributed by atoms with Crippen molar-refractivity contribution < 1.29 is 5.11 Å². The maximum Gasteiger partial charge on any atom is 0.120 e. The highest BCUT2D eigenvalue weighted by molar-refractivity contribution is 5.31. The van der Waals surface area contributed by atoms with Gasteiger partial charge in [0.05, 0.1) is 0 Å². The molecule has 14 heavy (non-hydrogen) atoms. The normalized spacial score (nSPS) is 17.1. The smallest absolute Gasteiger partial charge is 0.120 e. The van der Waals surface area contributed by atoms with Crippen LogP contribution in [0.3, 0.4) is 0 Å². The number of hydrogen-bond donors (Lipinski definition) is 1. The van der Waals surface area contributed by atoms with Gasteiger partial charge in [-0.2, -0.15) is 0 Å². The molecule has 0 radical (unpaired) electrons. The molecule has 2 nitrogen and oxygen atoms in total. The minimum absolute atomic E-state index is 0.405. The number of para-hydroxylation sites is 1. The van der Waals surface area contributed by atoms with Crippen LogP contribution in [0.15, 0.2) is 36.4 Å². The lowest BCUT2D eigenvalue weighted by molar-refractivity contribution is 0.286. The first-order valence-electron chi connectivity index (χ1n) is 5.00. The summed E-state index contributed by atoms with van der Waals surface area (Å²) in [6.45, 7) is 2.93. The second-order valence-corrected chi connectivity index (χ2v) is 3.62. The van der Waals surface area contributed by atoms with Crippen LogP contribution in [0.2, 0.25) is 0 Å². The van der Waals surface area contributed by atoms with E-state index in [1.165, 1.54) is 0 Å². The highest BCUT2D eigenvalue weighted by Gasteiger charge is 2.08. The van der Waals surface area contributed by atoms with Crippen LogP contribution in [-0.2, 0) is 6.54 Å². The molecule has 1 aliphatic rings. The van der Waals surface area contributed by atoms with Gasteiger partial charge in [-0.15, -0.1) is 0 Å². The van der Waals surface area contributed by atoms with Gasteiger partial charge in [-0.05, 0) is 12.5 Å². The Morgan fingerprint density at radius 2 is 2.07 bits per heavy atom. The van der Waals surface area contributed by atoms with E-state index >= 15 is 0 Å². The second-order valence-electron chi connectivity index (χ2n) is 3.62. The first-order valence-corrected chi connectivity index (χ1v) is 5.00. The third-order valence-electron chi connectivity index (χ3n) is 2.53. The predicted molar refractivity (Wildman–Crippen MR) is 57.1 cm³/mol. The molecule has 0 fully saturated rings. The Morgan fingerprint density at radius 3 is 2.79 bits per heavy atom. The van der Waals surface area contributed by atoms with Crippen LogP contribution in [0.5, 0.6) is 5.75 Å². The Labute approximate surface area is 84.5 Å². The lowest BCUT2D eigenvalue weighted by Crippen LogP contribution is -2.26. The molecule has 1 heterocycles. The fraction of sp³-hybridized carbons (Fsp3) is 0.333. The van der Waals surface area contributed by atoms with Crippen LogP contribution in [0.25, 0.3) is 0 Å². The molecule has 0 atom stereocenters. The number of aromatic hydroxyl groups is 1. The minimum atomic E-state index is 0.405. The maximum atomic E-state index is 9.60. The summed E-state index contributed by atoms with van der Waals surface area (Å²) < 4.78 is 0. The zero-order chi connectivity index (χ0) is 9.80. The highest BCUT2D eigenvalue weighted by atomic mass is 16.3. The van der Waals surface area contributed by atoms with Crippen LogP contribution >= 0.6 is 0 Å². The lowest BCUT2D eigenvalue weighted by atomic mass is 10.1. The maximum absolute atomic E-state index is 9.60. The van der Waals surface area contributed by atoms with Gasteiger partial charge in [0.25, 0.3) is 0 Å². The molecule has 0 aromatic heterocycles. The van der Waals surface area contributed by atoms with Crippen LogP contribution in [0.4, 0.5) is 0 Å². The van der Waals surface area contributed by atoms with E-state index in [0.29, 0.717) is 5.75 Å². The molecule has 2 rings (SSSR count). The number of phenolic OH excluding ortho intramolecular Hbond substituents is 1. The van der Waals surface area contributed by atoms with Gasteiger partial charge in [0.15, 0.2) is 0 Å². The topological polar surface area (TPSA) is 23.5 Å². The average molecular weight is 189 g/mol. The standard InChI is InChI=1S/C12H15NO/c14-12-7-3-2-6-11(12)10-13-8-4-1-5-9-13/h1-4,6-7,14H,5,8-10H2. The largest absolute Gasteiger partial charge is 0.508 e. The van der Waals surface area contributed by atoms with E-state index in [2.05, 4.69) is 17.1 Å². The summed E-state index contributed by atoms with van der Waals surface area (Å²) in [5, 5.41) is 9.60. The summed E-state index contributed by atoms with van der Waals surface area (Å²) in [6.07, 6.45) is 5.51. The summed E-state index contributed by atoms with van der Waals surface area (Å²) in [7, 11) is 0. The van der Waals surface area contributed by atoms with Gasteiger partial charge in [-0.25, -0.2) is 0 Å². The van der Waals surface area contributed by atoms with Crippen LogP contribution in [0, 0.1) is 0 Å². The SMILES string of the molecule is Oc1ccccc1CN1CC=CCC1. The number of benzene rings is 1. The van der Waals surface area contributed by atoms with E-state index < -0.39 is 0 Å². The van der Waals surface area contributed by atoms with Crippen LogP contribution < -0.4 is 0 Å². The monoisotopic (exact) mass is 189 g/mol. The van der Waals surface area contributed by atoms with Crippen LogP contribution in [-0.4, -0.2) is 23.1 Å². The van der Waals surface area contributed by atoms with Gasteiger partial charge >= 0.3 is 0 Å². The first kappa shape index (κ1) is 9.28. The molecule has 1 aromatic carbocycles. The summed E-state index contributed by atoms with van der Waals surface area (Å²) in [4.78, 5) is 2.33. The van der Waals surface area contributed by atoms with E-state index in [9.17, 15) is 5.11 Å². The molecule has 1 aliphatic heterocycles. The van der Waals surface area contributed by atoms with E-state index in [-0.39, 0.29) is 0 Å². The molecule has 0 saturated carbocycles. The Morgan fingerprint density at radius 1 is 1.21 bits per heavy atom. The van der Waals surface area contributed by atoms with Crippen molar-refractivity contribution in [3.8, 4) is 5.75 Å². The van der Waals surface area contributed by atoms with Crippen molar-refractivity contribution in [1.82, 2.24) is 4.90 Å². The first-order chi connectivity index (χ1) is 6.86. The second kappa shape index (κ2) is 4.29. The fourth-order valence-corrected chi connectivity index (χ4v) is 1.72. The quantitative estimate of drug-likeness (QED) is 0.721. The van der Waals surface area contributed by atoms with Crippen LogP contribution in [0.1, 0.15) is 12.0 Å². The third-order valence-corrected chi connectivity index (χ3v) is 2.53. The Bertz CT molecular complexity index is 333. The predicted octanol–water partition coefficient (Wildman–Crippen LogP) is 2.15. The van der Waals surface area contributed by atoms with Crippen molar-refractivity contribution in [2.24, 2.45) is 0 Å². The van der Waals surface area contributed by atoms with Gasteiger partial charge in [-0.1, -0.05) is 30.4 Å². The molecule has 0 amide bonds. The zero-order valence-electron chi connectivity index (χ0n) is 8.19. The molecule has 0 spiro atoms. The molecular weight excluding hydrogens is 174 g/mol. The van der Waals surface area contributed by atoms with E-state index in [1.807, 2.05) is 18.2 Å². The molecule has 74 valence electrons. The van der Waals surface area contributed by atoms with E-state index in [0.717, 1.165) is 31.6 Å².